The maximum absolute atomic E-state index is 12.8. The van der Waals surface area contributed by atoms with E-state index < -0.39 is 5.97 Å². The van der Waals surface area contributed by atoms with E-state index in [9.17, 15) is 9.59 Å². The Morgan fingerprint density at radius 1 is 0.833 bits per heavy atom. The Kier molecular flexibility index (Phi) is 8.24. The van der Waals surface area contributed by atoms with Gasteiger partial charge in [0.1, 0.15) is 34.8 Å². The van der Waals surface area contributed by atoms with Crippen molar-refractivity contribution in [2.45, 2.75) is 32.6 Å². The molecule has 0 radical (unpaired) electrons. The fourth-order valence-electron chi connectivity index (χ4n) is 3.57. The van der Waals surface area contributed by atoms with Crippen LogP contribution in [0.1, 0.15) is 43.0 Å². The lowest BCUT2D eigenvalue weighted by Gasteiger charge is -2.09. The van der Waals surface area contributed by atoms with E-state index in [1.54, 1.807) is 67.8 Å². The number of esters is 1. The van der Waals surface area contributed by atoms with E-state index in [1.165, 1.54) is 25.2 Å². The van der Waals surface area contributed by atoms with Crippen molar-refractivity contribution in [3.63, 3.8) is 0 Å². The quantitative estimate of drug-likeness (QED) is 0.131. The van der Waals surface area contributed by atoms with Crippen molar-refractivity contribution >= 4 is 16.9 Å². The second-order valence-corrected chi connectivity index (χ2v) is 8.19. The smallest absolute Gasteiger partial charge is 0.343 e. The molecule has 0 aliphatic rings. The van der Waals surface area contributed by atoms with E-state index in [0.717, 1.165) is 12.8 Å². The molecule has 0 aliphatic carbocycles. The molecular formula is C29H28O7. The molecule has 0 saturated heterocycles. The first-order valence-corrected chi connectivity index (χ1v) is 11.9. The highest BCUT2D eigenvalue weighted by molar-refractivity contribution is 5.91. The van der Waals surface area contributed by atoms with Crippen molar-refractivity contribution in [1.82, 2.24) is 0 Å². The highest BCUT2D eigenvalue weighted by Gasteiger charge is 2.13. The van der Waals surface area contributed by atoms with E-state index in [1.807, 2.05) is 0 Å². The molecule has 0 saturated carbocycles. The first kappa shape index (κ1) is 24.9. The molecule has 186 valence electrons. The van der Waals surface area contributed by atoms with Crippen LogP contribution >= 0.6 is 0 Å². The van der Waals surface area contributed by atoms with Gasteiger partial charge in [0.25, 0.3) is 0 Å². The standard InChI is InChI=1S/C29H28O7/c1-3-4-5-6-17-33-22-9-7-20(8-10-22)29(31)36-24-15-16-25-26(18-24)34-19-27(28(25)30)35-23-13-11-21(32-2)12-14-23/h7-16,18-19H,3-6,17H2,1-2H3. The van der Waals surface area contributed by atoms with Gasteiger partial charge >= 0.3 is 5.97 Å². The Bertz CT molecular complexity index is 1360. The Labute approximate surface area is 209 Å². The molecule has 4 aromatic rings. The van der Waals surface area contributed by atoms with E-state index in [2.05, 4.69) is 6.92 Å². The van der Waals surface area contributed by atoms with Gasteiger partial charge in [0.2, 0.25) is 11.2 Å². The van der Waals surface area contributed by atoms with Crippen LogP contribution in [-0.4, -0.2) is 19.7 Å². The normalized spacial score (nSPS) is 10.7. The first-order chi connectivity index (χ1) is 17.6. The van der Waals surface area contributed by atoms with Crippen molar-refractivity contribution in [3.8, 4) is 28.7 Å². The molecule has 0 fully saturated rings. The molecule has 7 nitrogen and oxygen atoms in total. The van der Waals surface area contributed by atoms with E-state index in [0.29, 0.717) is 34.8 Å². The summed E-state index contributed by atoms with van der Waals surface area (Å²) >= 11 is 0. The number of methoxy groups -OCH3 is 1. The summed E-state index contributed by atoms with van der Waals surface area (Å²) in [6.45, 7) is 2.82. The number of benzene rings is 3. The lowest BCUT2D eigenvalue weighted by atomic mass is 10.2. The number of hydrogen-bond acceptors (Lipinski definition) is 7. The van der Waals surface area contributed by atoms with Crippen molar-refractivity contribution < 1.29 is 28.2 Å². The predicted molar refractivity (Wildman–Crippen MR) is 137 cm³/mol. The van der Waals surface area contributed by atoms with E-state index in [-0.39, 0.29) is 22.5 Å². The lowest BCUT2D eigenvalue weighted by molar-refractivity contribution is 0.0735. The topological polar surface area (TPSA) is 84.2 Å². The average Bonchev–Trinajstić information content (AvgIpc) is 2.91. The van der Waals surface area contributed by atoms with Crippen LogP contribution < -0.4 is 24.4 Å². The highest BCUT2D eigenvalue weighted by Crippen LogP contribution is 2.26. The number of unbranched alkanes of at least 4 members (excludes halogenated alkanes) is 3. The Morgan fingerprint density at radius 2 is 1.53 bits per heavy atom. The van der Waals surface area contributed by atoms with Gasteiger partial charge in [-0.3, -0.25) is 4.79 Å². The second-order valence-electron chi connectivity index (χ2n) is 8.19. The predicted octanol–water partition coefficient (Wildman–Crippen LogP) is 6.77. The number of fused-ring (bicyclic) bond motifs is 1. The first-order valence-electron chi connectivity index (χ1n) is 11.9. The summed E-state index contributed by atoms with van der Waals surface area (Å²) in [6.07, 6.45) is 5.77. The molecule has 3 aromatic carbocycles. The summed E-state index contributed by atoms with van der Waals surface area (Å²) in [4.78, 5) is 25.4. The summed E-state index contributed by atoms with van der Waals surface area (Å²) in [7, 11) is 1.57. The van der Waals surface area contributed by atoms with E-state index >= 15 is 0 Å². The molecule has 1 aromatic heterocycles. The van der Waals surface area contributed by atoms with Crippen molar-refractivity contribution in [1.29, 1.82) is 0 Å². The molecule has 4 rings (SSSR count). The summed E-state index contributed by atoms with van der Waals surface area (Å²) in [6, 6.07) is 18.2. The van der Waals surface area contributed by atoms with Crippen LogP contribution in [0.4, 0.5) is 0 Å². The molecule has 0 unspecified atom stereocenters. The van der Waals surface area contributed by atoms with Gasteiger partial charge in [-0.25, -0.2) is 4.79 Å². The van der Waals surface area contributed by atoms with Gasteiger partial charge in [-0.15, -0.1) is 0 Å². The highest BCUT2D eigenvalue weighted by atomic mass is 16.5. The van der Waals surface area contributed by atoms with Crippen LogP contribution in [0.2, 0.25) is 0 Å². The number of ether oxygens (including phenoxy) is 4. The van der Waals surface area contributed by atoms with Crippen LogP contribution in [-0.2, 0) is 0 Å². The minimum absolute atomic E-state index is 0.0464. The fraction of sp³-hybridized carbons (Fsp3) is 0.241. The summed E-state index contributed by atoms with van der Waals surface area (Å²) in [5.74, 6) is 1.65. The third-order valence-electron chi connectivity index (χ3n) is 5.57. The Hall–Kier alpha value is -4.26. The summed E-state index contributed by atoms with van der Waals surface area (Å²) in [5.41, 5.74) is 0.326. The van der Waals surface area contributed by atoms with Gasteiger partial charge in [0, 0.05) is 6.07 Å². The maximum atomic E-state index is 12.8. The molecule has 0 spiro atoms. The third-order valence-corrected chi connectivity index (χ3v) is 5.57. The SMILES string of the molecule is CCCCCCOc1ccc(C(=O)Oc2ccc3c(=O)c(Oc4ccc(OC)cc4)coc3c2)cc1. The Morgan fingerprint density at radius 3 is 2.25 bits per heavy atom. The van der Waals surface area contributed by atoms with Crippen molar-refractivity contribution in [2.75, 3.05) is 13.7 Å². The van der Waals surface area contributed by atoms with Crippen LogP contribution in [0.15, 0.2) is 82.2 Å². The van der Waals surface area contributed by atoms with E-state index in [4.69, 9.17) is 23.4 Å². The summed E-state index contributed by atoms with van der Waals surface area (Å²) in [5, 5.41) is 0.307. The van der Waals surface area contributed by atoms with Gasteiger partial charge in [0.15, 0.2) is 0 Å². The van der Waals surface area contributed by atoms with Crippen molar-refractivity contribution in [2.24, 2.45) is 0 Å². The van der Waals surface area contributed by atoms with Crippen molar-refractivity contribution in [3.05, 3.63) is 88.8 Å². The number of carbonyl (C=O) groups is 1. The fourth-order valence-corrected chi connectivity index (χ4v) is 3.57. The molecule has 0 aliphatic heterocycles. The number of rotatable bonds is 11. The minimum Gasteiger partial charge on any atom is -0.497 e. The van der Waals surface area contributed by atoms with Gasteiger partial charge in [-0.1, -0.05) is 26.2 Å². The van der Waals surface area contributed by atoms with Gasteiger partial charge in [-0.05, 0) is 67.1 Å². The lowest BCUT2D eigenvalue weighted by Crippen LogP contribution is -2.09. The molecule has 0 N–H and O–H groups in total. The monoisotopic (exact) mass is 488 g/mol. The van der Waals surface area contributed by atoms with Gasteiger partial charge in [0.05, 0.1) is 24.7 Å². The molecule has 0 atom stereocenters. The maximum Gasteiger partial charge on any atom is 0.343 e. The summed E-state index contributed by atoms with van der Waals surface area (Å²) < 4.78 is 27.6. The molecule has 0 amide bonds. The number of hydrogen-bond donors (Lipinski definition) is 0. The molecular weight excluding hydrogens is 460 g/mol. The second kappa shape index (κ2) is 11.9. The largest absolute Gasteiger partial charge is 0.497 e. The number of carbonyl (C=O) groups excluding carboxylic acids is 1. The molecule has 0 bridgehead atoms. The van der Waals surface area contributed by atoms with Crippen LogP contribution in [0, 0.1) is 0 Å². The van der Waals surface area contributed by atoms with Gasteiger partial charge in [-0.2, -0.15) is 0 Å². The van der Waals surface area contributed by atoms with Crippen LogP contribution in [0.5, 0.6) is 28.7 Å². The Balaban J connectivity index is 1.40. The molecule has 7 heteroatoms. The molecule has 36 heavy (non-hydrogen) atoms. The molecule has 1 heterocycles. The zero-order valence-electron chi connectivity index (χ0n) is 20.3. The van der Waals surface area contributed by atoms with Crippen LogP contribution in [0.3, 0.4) is 0 Å². The third kappa shape index (κ3) is 6.24. The van der Waals surface area contributed by atoms with Crippen LogP contribution in [0.25, 0.3) is 11.0 Å². The zero-order valence-corrected chi connectivity index (χ0v) is 20.3. The zero-order chi connectivity index (χ0) is 25.3. The average molecular weight is 489 g/mol. The minimum atomic E-state index is -0.523. The van der Waals surface area contributed by atoms with Gasteiger partial charge < -0.3 is 23.4 Å².